The molecule has 2 aromatic heterocycles. The van der Waals surface area contributed by atoms with Crippen molar-refractivity contribution in [2.75, 3.05) is 33.3 Å². The Morgan fingerprint density at radius 2 is 2.21 bits per heavy atom. The van der Waals surface area contributed by atoms with E-state index in [0.717, 1.165) is 36.8 Å². The summed E-state index contributed by atoms with van der Waals surface area (Å²) in [5.41, 5.74) is 3.20. The van der Waals surface area contributed by atoms with Crippen LogP contribution in [0.25, 0.3) is 5.65 Å². The summed E-state index contributed by atoms with van der Waals surface area (Å²) < 4.78 is 6.99. The second kappa shape index (κ2) is 10.1. The SMILES string of the molecule is CCNC(=NCCc1cn2cccc(C)c2n1)N1CC(C)C(C(=O)OC)C1.I. The average molecular weight is 499 g/mol. The van der Waals surface area contributed by atoms with Crippen molar-refractivity contribution in [3.63, 3.8) is 0 Å². The number of ether oxygens (including phenoxy) is 1. The van der Waals surface area contributed by atoms with Crippen molar-refractivity contribution in [2.45, 2.75) is 27.2 Å². The van der Waals surface area contributed by atoms with Crippen molar-refractivity contribution < 1.29 is 9.53 Å². The molecule has 0 aromatic carbocycles. The van der Waals surface area contributed by atoms with E-state index in [0.29, 0.717) is 13.1 Å². The number of nitrogens with one attached hydrogen (secondary N) is 1. The van der Waals surface area contributed by atoms with E-state index in [2.05, 4.69) is 47.7 Å². The number of esters is 1. The molecule has 7 nitrogen and oxygen atoms in total. The Bertz CT molecular complexity index is 835. The Balaban J connectivity index is 0.00000280. The third-order valence-corrected chi connectivity index (χ3v) is 5.11. The summed E-state index contributed by atoms with van der Waals surface area (Å²) in [6, 6.07) is 4.10. The average Bonchev–Trinajstić information content (AvgIpc) is 3.24. The molecule has 8 heteroatoms. The third kappa shape index (κ3) is 4.95. The summed E-state index contributed by atoms with van der Waals surface area (Å²) in [7, 11) is 1.45. The van der Waals surface area contributed by atoms with E-state index < -0.39 is 0 Å². The number of likely N-dealkylation sites (tertiary alicyclic amines) is 1. The quantitative estimate of drug-likeness (QED) is 0.297. The zero-order valence-electron chi connectivity index (χ0n) is 17.0. The molecule has 0 radical (unpaired) electrons. The number of aliphatic imine (C=N–C) groups is 1. The molecular weight excluding hydrogens is 469 g/mol. The normalized spacial score (nSPS) is 19.6. The van der Waals surface area contributed by atoms with Gasteiger partial charge in [0.1, 0.15) is 5.65 Å². The van der Waals surface area contributed by atoms with Crippen LogP contribution in [-0.4, -0.2) is 59.5 Å². The van der Waals surface area contributed by atoms with Gasteiger partial charge in [-0.05, 0) is 31.4 Å². The second-order valence-corrected chi connectivity index (χ2v) is 7.15. The minimum atomic E-state index is -0.138. The van der Waals surface area contributed by atoms with E-state index >= 15 is 0 Å². The standard InChI is InChI=1S/C20H29N5O2.HI/c1-5-21-20(25-11-15(3)17(13-25)19(26)27-4)22-9-8-16-12-24-10-6-7-14(2)18(24)23-16;/h6-7,10,12,15,17H,5,8-9,11,13H2,1-4H3,(H,21,22);1H. The first-order valence-corrected chi connectivity index (χ1v) is 9.57. The Morgan fingerprint density at radius 1 is 1.43 bits per heavy atom. The van der Waals surface area contributed by atoms with Crippen LogP contribution in [0.15, 0.2) is 29.5 Å². The molecule has 0 amide bonds. The minimum Gasteiger partial charge on any atom is -0.469 e. The number of methoxy groups -OCH3 is 1. The molecular formula is C20H30IN5O2. The van der Waals surface area contributed by atoms with Gasteiger partial charge >= 0.3 is 5.97 Å². The lowest BCUT2D eigenvalue weighted by molar-refractivity contribution is -0.145. The maximum absolute atomic E-state index is 11.9. The summed E-state index contributed by atoms with van der Waals surface area (Å²) in [5.74, 6) is 0.875. The number of aryl methyl sites for hydroxylation is 1. The van der Waals surface area contributed by atoms with Gasteiger partial charge in [-0.2, -0.15) is 0 Å². The molecule has 28 heavy (non-hydrogen) atoms. The lowest BCUT2D eigenvalue weighted by atomic mass is 9.99. The summed E-state index contributed by atoms with van der Waals surface area (Å²) in [5, 5.41) is 3.34. The monoisotopic (exact) mass is 499 g/mol. The Hall–Kier alpha value is -1.84. The lowest BCUT2D eigenvalue weighted by Gasteiger charge is -2.21. The van der Waals surface area contributed by atoms with Crippen LogP contribution >= 0.6 is 24.0 Å². The zero-order chi connectivity index (χ0) is 19.4. The van der Waals surface area contributed by atoms with Gasteiger partial charge in [0.15, 0.2) is 5.96 Å². The number of carbonyl (C=O) groups excluding carboxylic acids is 1. The predicted molar refractivity (Wildman–Crippen MR) is 121 cm³/mol. The first-order chi connectivity index (χ1) is 13.0. The maximum atomic E-state index is 11.9. The van der Waals surface area contributed by atoms with Crippen LogP contribution in [0.3, 0.4) is 0 Å². The number of nitrogens with zero attached hydrogens (tertiary/aromatic N) is 4. The van der Waals surface area contributed by atoms with Gasteiger partial charge in [0.25, 0.3) is 0 Å². The van der Waals surface area contributed by atoms with Crippen molar-refractivity contribution in [1.29, 1.82) is 0 Å². The first kappa shape index (κ1) is 22.4. The van der Waals surface area contributed by atoms with Gasteiger partial charge in [-0.15, -0.1) is 24.0 Å². The van der Waals surface area contributed by atoms with Crippen LogP contribution in [0.5, 0.6) is 0 Å². The molecule has 0 aliphatic carbocycles. The van der Waals surface area contributed by atoms with Gasteiger partial charge in [0.05, 0.1) is 18.7 Å². The van der Waals surface area contributed by atoms with Crippen LogP contribution in [0.2, 0.25) is 0 Å². The molecule has 1 N–H and O–H groups in total. The molecule has 0 bridgehead atoms. The summed E-state index contributed by atoms with van der Waals surface area (Å²) in [6.07, 6.45) is 4.86. The van der Waals surface area contributed by atoms with Crippen LogP contribution in [0, 0.1) is 18.8 Å². The summed E-state index contributed by atoms with van der Waals surface area (Å²) in [4.78, 5) is 23.6. The fourth-order valence-electron chi connectivity index (χ4n) is 3.62. The van der Waals surface area contributed by atoms with Gasteiger partial charge in [0.2, 0.25) is 0 Å². The zero-order valence-corrected chi connectivity index (χ0v) is 19.3. The van der Waals surface area contributed by atoms with E-state index in [9.17, 15) is 4.79 Å². The largest absolute Gasteiger partial charge is 0.469 e. The van der Waals surface area contributed by atoms with Crippen molar-refractivity contribution in [2.24, 2.45) is 16.8 Å². The van der Waals surface area contributed by atoms with E-state index in [1.54, 1.807) is 0 Å². The molecule has 1 aliphatic heterocycles. The van der Waals surface area contributed by atoms with Crippen molar-refractivity contribution in [3.05, 3.63) is 35.8 Å². The van der Waals surface area contributed by atoms with Gasteiger partial charge in [-0.3, -0.25) is 9.79 Å². The fraction of sp³-hybridized carbons (Fsp3) is 0.550. The number of hydrogen-bond donors (Lipinski definition) is 1. The summed E-state index contributed by atoms with van der Waals surface area (Å²) >= 11 is 0. The molecule has 2 aromatic rings. The van der Waals surface area contributed by atoms with Crippen molar-refractivity contribution >= 4 is 41.6 Å². The van der Waals surface area contributed by atoms with E-state index in [-0.39, 0.29) is 41.8 Å². The number of guanidine groups is 1. The summed E-state index contributed by atoms with van der Waals surface area (Å²) in [6.45, 7) is 9.10. The number of fused-ring (bicyclic) bond motifs is 1. The highest BCUT2D eigenvalue weighted by atomic mass is 127. The topological polar surface area (TPSA) is 71.2 Å². The van der Waals surface area contributed by atoms with E-state index in [4.69, 9.17) is 14.7 Å². The molecule has 2 atom stereocenters. The number of rotatable bonds is 5. The van der Waals surface area contributed by atoms with Gasteiger partial charge in [-0.25, -0.2) is 4.98 Å². The molecule has 3 heterocycles. The van der Waals surface area contributed by atoms with Gasteiger partial charge < -0.3 is 19.4 Å². The number of carbonyl (C=O) groups is 1. The van der Waals surface area contributed by atoms with Crippen LogP contribution < -0.4 is 5.32 Å². The molecule has 0 spiro atoms. The Kier molecular flexibility index (Phi) is 8.09. The lowest BCUT2D eigenvalue weighted by Crippen LogP contribution is -2.40. The molecule has 1 saturated heterocycles. The highest BCUT2D eigenvalue weighted by Gasteiger charge is 2.36. The molecule has 154 valence electrons. The van der Waals surface area contributed by atoms with E-state index in [1.165, 1.54) is 12.7 Å². The Labute approximate surface area is 183 Å². The fourth-order valence-corrected chi connectivity index (χ4v) is 3.62. The Morgan fingerprint density at radius 3 is 2.89 bits per heavy atom. The number of hydrogen-bond acceptors (Lipinski definition) is 4. The molecule has 3 rings (SSSR count). The number of aromatic nitrogens is 2. The molecule has 2 unspecified atom stereocenters. The highest BCUT2D eigenvalue weighted by Crippen LogP contribution is 2.24. The predicted octanol–water partition coefficient (Wildman–Crippen LogP) is 2.51. The number of pyridine rings is 1. The molecule has 0 saturated carbocycles. The maximum Gasteiger partial charge on any atom is 0.310 e. The third-order valence-electron chi connectivity index (χ3n) is 5.11. The van der Waals surface area contributed by atoms with Crippen LogP contribution in [0.1, 0.15) is 25.1 Å². The van der Waals surface area contributed by atoms with Crippen molar-refractivity contribution in [1.82, 2.24) is 19.6 Å². The van der Waals surface area contributed by atoms with Crippen LogP contribution in [0.4, 0.5) is 0 Å². The second-order valence-electron chi connectivity index (χ2n) is 7.15. The van der Waals surface area contributed by atoms with Gasteiger partial charge in [-0.1, -0.05) is 13.0 Å². The highest BCUT2D eigenvalue weighted by molar-refractivity contribution is 14.0. The smallest absolute Gasteiger partial charge is 0.310 e. The molecule has 1 fully saturated rings. The number of halogens is 1. The van der Waals surface area contributed by atoms with E-state index in [1.807, 2.05) is 12.3 Å². The first-order valence-electron chi connectivity index (χ1n) is 9.57. The number of imidazole rings is 1. The molecule has 1 aliphatic rings. The van der Waals surface area contributed by atoms with Crippen LogP contribution in [-0.2, 0) is 16.0 Å². The van der Waals surface area contributed by atoms with Crippen molar-refractivity contribution in [3.8, 4) is 0 Å². The minimum absolute atomic E-state index is 0. The van der Waals surface area contributed by atoms with Gasteiger partial charge in [0, 0.05) is 45.0 Å².